The molecule has 2 N–H and O–H groups in total. The Kier molecular flexibility index (Phi) is 9.66. The molecule has 3 heterocycles. The van der Waals surface area contributed by atoms with Crippen LogP contribution in [0.5, 0.6) is 11.6 Å². The molecule has 0 bridgehead atoms. The second-order valence-electron chi connectivity index (χ2n) is 13.4. The zero-order valence-corrected chi connectivity index (χ0v) is 29.8. The smallest absolute Gasteiger partial charge is 0.328 e. The summed E-state index contributed by atoms with van der Waals surface area (Å²) < 4.78 is 40.0. The van der Waals surface area contributed by atoms with Crippen LogP contribution in [-0.4, -0.2) is 93.6 Å². The van der Waals surface area contributed by atoms with Crippen LogP contribution in [0.25, 0.3) is 10.8 Å². The number of likely N-dealkylation sites (tertiary alicyclic amines) is 1. The van der Waals surface area contributed by atoms with E-state index in [2.05, 4.69) is 31.6 Å². The molecule has 2 saturated carbocycles. The Balaban J connectivity index is 1.34. The number of fused-ring (bicyclic) bond motifs is 1. The van der Waals surface area contributed by atoms with E-state index in [1.54, 1.807) is 39.3 Å². The summed E-state index contributed by atoms with van der Waals surface area (Å²) in [7, 11) is -2.46. The number of nitrogens with one attached hydrogen (secondary N) is 2. The van der Waals surface area contributed by atoms with Gasteiger partial charge in [0.1, 0.15) is 29.8 Å². The lowest BCUT2D eigenvalue weighted by molar-refractivity contribution is -0.140. The van der Waals surface area contributed by atoms with E-state index in [4.69, 9.17) is 21.1 Å². The topological polar surface area (TPSA) is 173 Å². The van der Waals surface area contributed by atoms with Crippen molar-refractivity contribution in [1.82, 2.24) is 29.5 Å². The second-order valence-corrected chi connectivity index (χ2v) is 15.8. The maximum atomic E-state index is 14.8. The van der Waals surface area contributed by atoms with Crippen molar-refractivity contribution < 1.29 is 32.3 Å². The van der Waals surface area contributed by atoms with Crippen molar-refractivity contribution in [2.24, 2.45) is 11.8 Å². The number of ether oxygens (including phenoxy) is 2. The van der Waals surface area contributed by atoms with Crippen LogP contribution >= 0.6 is 11.6 Å². The van der Waals surface area contributed by atoms with Gasteiger partial charge >= 0.3 is 6.03 Å². The SMILES string of the molecule is C=C[C@@H]1C[C@@]1(C(=O)NS(=O)(=O)C1CC1)N(C(=O)[C@H](Nc1cncnc1)C(C)C)C(=O)N1C[C@H](Oc2ncc(OC)c3ccc(Cl)cc23)CC1C. The number of urea groups is 1. The van der Waals surface area contributed by atoms with Gasteiger partial charge in [0.15, 0.2) is 0 Å². The molecular weight excluding hydrogens is 686 g/mol. The maximum absolute atomic E-state index is 14.8. The summed E-state index contributed by atoms with van der Waals surface area (Å²) in [4.78, 5) is 58.5. The number of imide groups is 1. The van der Waals surface area contributed by atoms with Gasteiger partial charge in [-0.3, -0.25) is 14.3 Å². The van der Waals surface area contributed by atoms with Crippen molar-refractivity contribution in [3.8, 4) is 11.6 Å². The number of nitrogens with zero attached hydrogens (tertiary/aromatic N) is 5. The van der Waals surface area contributed by atoms with Crippen LogP contribution < -0.4 is 19.5 Å². The monoisotopic (exact) mass is 725 g/mol. The molecule has 3 aliphatic rings. The Labute approximate surface area is 295 Å². The fourth-order valence-corrected chi connectivity index (χ4v) is 8.09. The fourth-order valence-electron chi connectivity index (χ4n) is 6.56. The highest BCUT2D eigenvalue weighted by atomic mass is 35.5. The van der Waals surface area contributed by atoms with E-state index in [0.717, 1.165) is 10.3 Å². The van der Waals surface area contributed by atoms with Crippen LogP contribution in [0.15, 0.2) is 55.8 Å². The minimum atomic E-state index is -4.00. The van der Waals surface area contributed by atoms with Crippen LogP contribution in [-0.2, 0) is 19.6 Å². The number of sulfonamides is 1. The van der Waals surface area contributed by atoms with Crippen molar-refractivity contribution in [2.75, 3.05) is 19.0 Å². The molecule has 3 aromatic rings. The predicted octanol–water partition coefficient (Wildman–Crippen LogP) is 4.17. The Bertz CT molecular complexity index is 1930. The third kappa shape index (κ3) is 6.67. The van der Waals surface area contributed by atoms with Gasteiger partial charge in [-0.25, -0.2) is 33.1 Å². The number of carbonyl (C=O) groups excluding carboxylic acids is 3. The molecule has 16 heteroatoms. The van der Waals surface area contributed by atoms with Gasteiger partial charge in [-0.15, -0.1) is 6.58 Å². The Morgan fingerprint density at radius 2 is 1.88 bits per heavy atom. The first-order chi connectivity index (χ1) is 23.8. The lowest BCUT2D eigenvalue weighted by atomic mass is 10.00. The molecule has 1 aromatic carbocycles. The number of carbonyl (C=O) groups is 3. The summed E-state index contributed by atoms with van der Waals surface area (Å²) in [6.07, 6.45) is 8.07. The van der Waals surface area contributed by atoms with E-state index < -0.39 is 62.8 Å². The third-order valence-electron chi connectivity index (χ3n) is 9.54. The molecule has 2 aliphatic carbocycles. The Morgan fingerprint density at radius 3 is 2.50 bits per heavy atom. The number of amides is 4. The van der Waals surface area contributed by atoms with Gasteiger partial charge in [-0.1, -0.05) is 31.5 Å². The number of aromatic nitrogens is 3. The van der Waals surface area contributed by atoms with E-state index in [0.29, 0.717) is 47.0 Å². The fraction of sp³-hybridized carbons (Fsp3) is 0.471. The molecule has 0 radical (unpaired) electrons. The maximum Gasteiger partial charge on any atom is 0.328 e. The van der Waals surface area contributed by atoms with Gasteiger partial charge < -0.3 is 19.7 Å². The number of benzene rings is 1. The zero-order chi connectivity index (χ0) is 36.0. The Morgan fingerprint density at radius 1 is 1.16 bits per heavy atom. The minimum Gasteiger partial charge on any atom is -0.494 e. The van der Waals surface area contributed by atoms with Crippen molar-refractivity contribution >= 4 is 55.9 Å². The summed E-state index contributed by atoms with van der Waals surface area (Å²) in [5.41, 5.74) is -1.39. The first-order valence-electron chi connectivity index (χ1n) is 16.4. The van der Waals surface area contributed by atoms with Crippen molar-refractivity contribution in [2.45, 2.75) is 75.4 Å². The number of pyridine rings is 1. The highest BCUT2D eigenvalue weighted by Crippen LogP contribution is 2.51. The van der Waals surface area contributed by atoms with Gasteiger partial charge in [0.2, 0.25) is 15.9 Å². The quantitative estimate of drug-likeness (QED) is 0.257. The predicted molar refractivity (Wildman–Crippen MR) is 186 cm³/mol. The summed E-state index contributed by atoms with van der Waals surface area (Å²) in [5.74, 6) is -1.85. The van der Waals surface area contributed by atoms with Crippen LogP contribution in [0, 0.1) is 11.8 Å². The number of methoxy groups -OCH3 is 1. The lowest BCUT2D eigenvalue weighted by Gasteiger charge is -2.37. The average molecular weight is 726 g/mol. The molecule has 1 aliphatic heterocycles. The van der Waals surface area contributed by atoms with E-state index in [-0.39, 0.29) is 18.9 Å². The molecule has 1 saturated heterocycles. The van der Waals surface area contributed by atoms with Gasteiger partial charge in [0.05, 0.1) is 43.2 Å². The average Bonchev–Trinajstić information content (AvgIpc) is 4.01. The Hall–Kier alpha value is -4.50. The number of rotatable bonds is 12. The summed E-state index contributed by atoms with van der Waals surface area (Å²) in [5, 5.41) is 4.27. The molecule has 3 fully saturated rings. The second kappa shape index (κ2) is 13.7. The first-order valence-corrected chi connectivity index (χ1v) is 18.4. The van der Waals surface area contributed by atoms with Gasteiger partial charge in [0, 0.05) is 34.2 Å². The molecule has 266 valence electrons. The summed E-state index contributed by atoms with van der Waals surface area (Å²) >= 11 is 6.31. The van der Waals surface area contributed by atoms with Crippen LogP contribution in [0.1, 0.15) is 46.5 Å². The first kappa shape index (κ1) is 35.3. The summed E-state index contributed by atoms with van der Waals surface area (Å²) in [6, 6.07) is 3.08. The molecule has 5 atom stereocenters. The van der Waals surface area contributed by atoms with Crippen molar-refractivity contribution in [3.63, 3.8) is 0 Å². The number of hydrogen-bond donors (Lipinski definition) is 2. The summed E-state index contributed by atoms with van der Waals surface area (Å²) in [6.45, 7) is 9.31. The van der Waals surface area contributed by atoms with Gasteiger partial charge in [-0.2, -0.15) is 0 Å². The molecular formula is C34H40ClN7O7S. The molecule has 2 aromatic heterocycles. The van der Waals surface area contributed by atoms with Crippen LogP contribution in [0.4, 0.5) is 10.5 Å². The van der Waals surface area contributed by atoms with Crippen LogP contribution in [0.3, 0.4) is 0 Å². The largest absolute Gasteiger partial charge is 0.494 e. The highest BCUT2D eigenvalue weighted by molar-refractivity contribution is 7.91. The standard InChI is InChI=1S/C34H40ClN7O7S/c1-6-21-13-34(21,32(44)40-50(46,47)25-8-9-25)42(31(43)29(19(2)3)39-23-14-36-18-37-15-23)33(45)41-17-24(11-20(41)4)49-30-27-12-22(35)7-10-26(27)28(48-5)16-38-30/h6-7,10,12,14-16,18-21,24-25,29,39H,1,8-9,11,13,17H2,2-5H3,(H,40,44)/t20?,21-,24-,29-,34-/m1/s1. The third-order valence-corrected chi connectivity index (χ3v) is 11.6. The van der Waals surface area contributed by atoms with Crippen LogP contribution in [0.2, 0.25) is 5.02 Å². The lowest BCUT2D eigenvalue weighted by Crippen LogP contribution is -2.63. The highest BCUT2D eigenvalue weighted by Gasteiger charge is 2.68. The molecule has 6 rings (SSSR count). The zero-order valence-electron chi connectivity index (χ0n) is 28.2. The number of halogens is 1. The van der Waals surface area contributed by atoms with Crippen molar-refractivity contribution in [1.29, 1.82) is 0 Å². The van der Waals surface area contributed by atoms with Gasteiger partial charge in [-0.05, 0) is 50.3 Å². The van der Waals surface area contributed by atoms with E-state index in [1.165, 1.54) is 29.7 Å². The van der Waals surface area contributed by atoms with E-state index >= 15 is 0 Å². The van der Waals surface area contributed by atoms with Gasteiger partial charge in [0.25, 0.3) is 11.8 Å². The van der Waals surface area contributed by atoms with Crippen molar-refractivity contribution in [3.05, 3.63) is 60.8 Å². The molecule has 4 amide bonds. The van der Waals surface area contributed by atoms with E-state index in [9.17, 15) is 22.8 Å². The molecule has 0 spiro atoms. The normalized spacial score (nSPS) is 23.6. The minimum absolute atomic E-state index is 0.0178. The van der Waals surface area contributed by atoms with E-state index in [1.807, 2.05) is 13.0 Å². The molecule has 14 nitrogen and oxygen atoms in total. The molecule has 50 heavy (non-hydrogen) atoms. The number of hydrogen-bond acceptors (Lipinski definition) is 11. The molecule has 1 unspecified atom stereocenters. The number of anilines is 1.